The number of hydrogen-bond donors (Lipinski definition) is 1. The van der Waals surface area contributed by atoms with Crippen molar-refractivity contribution in [1.82, 2.24) is 25.1 Å². The number of hydrogen-bond acceptors (Lipinski definition) is 7. The van der Waals surface area contributed by atoms with Gasteiger partial charge in [-0.2, -0.15) is 4.98 Å². The molecule has 8 nitrogen and oxygen atoms in total. The molecular formula is C8H12N6O2. The molecule has 2 aromatic rings. The second kappa shape index (κ2) is 4.81. The molecule has 0 spiro atoms. The topological polar surface area (TPSA) is 105 Å². The van der Waals surface area contributed by atoms with Crippen LogP contribution in [0.2, 0.25) is 0 Å². The van der Waals surface area contributed by atoms with E-state index in [9.17, 15) is 0 Å². The third kappa shape index (κ3) is 2.41. The van der Waals surface area contributed by atoms with E-state index in [4.69, 9.17) is 15.0 Å². The standard InChI is InChI=1S/C8H12N6O2/c1-15-5-7-10-8(16-12-7)4-14-3-6(2-9)11-13-14/h3H,2,4-5,9H2,1H3. The molecule has 8 heteroatoms. The van der Waals surface area contributed by atoms with Crippen molar-refractivity contribution in [3.8, 4) is 0 Å². The molecule has 0 aliphatic heterocycles. The van der Waals surface area contributed by atoms with Gasteiger partial charge in [-0.05, 0) is 0 Å². The third-order valence-corrected chi connectivity index (χ3v) is 1.88. The van der Waals surface area contributed by atoms with Gasteiger partial charge in [0.15, 0.2) is 5.82 Å². The van der Waals surface area contributed by atoms with Crippen LogP contribution < -0.4 is 5.73 Å². The van der Waals surface area contributed by atoms with E-state index < -0.39 is 0 Å². The van der Waals surface area contributed by atoms with Crippen molar-refractivity contribution in [2.75, 3.05) is 7.11 Å². The summed E-state index contributed by atoms with van der Waals surface area (Å²) in [5, 5.41) is 11.4. The molecule has 2 heterocycles. The summed E-state index contributed by atoms with van der Waals surface area (Å²) in [6.07, 6.45) is 1.74. The van der Waals surface area contributed by atoms with Crippen LogP contribution >= 0.6 is 0 Å². The zero-order chi connectivity index (χ0) is 11.4. The fraction of sp³-hybridized carbons (Fsp3) is 0.500. The van der Waals surface area contributed by atoms with Crippen molar-refractivity contribution in [2.24, 2.45) is 5.73 Å². The predicted molar refractivity (Wildman–Crippen MR) is 52.0 cm³/mol. The van der Waals surface area contributed by atoms with E-state index in [2.05, 4.69) is 20.5 Å². The molecule has 2 N–H and O–H groups in total. The second-order valence-electron chi connectivity index (χ2n) is 3.15. The normalized spacial score (nSPS) is 10.9. The maximum Gasteiger partial charge on any atom is 0.248 e. The van der Waals surface area contributed by atoms with E-state index in [1.165, 1.54) is 0 Å². The van der Waals surface area contributed by atoms with Gasteiger partial charge in [0, 0.05) is 13.7 Å². The van der Waals surface area contributed by atoms with Crippen LogP contribution in [-0.4, -0.2) is 32.2 Å². The monoisotopic (exact) mass is 224 g/mol. The summed E-state index contributed by atoms with van der Waals surface area (Å²) < 4.78 is 11.5. The summed E-state index contributed by atoms with van der Waals surface area (Å²) in [5.41, 5.74) is 6.14. The SMILES string of the molecule is COCc1noc(Cn2cc(CN)nn2)n1. The number of rotatable bonds is 5. The number of ether oxygens (including phenoxy) is 1. The van der Waals surface area contributed by atoms with E-state index in [1.54, 1.807) is 18.0 Å². The quantitative estimate of drug-likeness (QED) is 0.716. The molecule has 0 saturated carbocycles. The van der Waals surface area contributed by atoms with Gasteiger partial charge in [0.2, 0.25) is 5.89 Å². The van der Waals surface area contributed by atoms with Gasteiger partial charge in [-0.1, -0.05) is 10.4 Å². The number of aromatic nitrogens is 5. The van der Waals surface area contributed by atoms with Gasteiger partial charge >= 0.3 is 0 Å². The van der Waals surface area contributed by atoms with Crippen molar-refractivity contribution < 1.29 is 9.26 Å². The van der Waals surface area contributed by atoms with Gasteiger partial charge in [-0.25, -0.2) is 4.68 Å². The van der Waals surface area contributed by atoms with Crippen molar-refractivity contribution in [2.45, 2.75) is 19.7 Å². The molecule has 16 heavy (non-hydrogen) atoms. The first kappa shape index (κ1) is 10.7. The highest BCUT2D eigenvalue weighted by Crippen LogP contribution is 2.01. The Morgan fingerprint density at radius 3 is 3.12 bits per heavy atom. The lowest BCUT2D eigenvalue weighted by Gasteiger charge is -1.92. The van der Waals surface area contributed by atoms with Crippen LogP contribution in [-0.2, 0) is 24.4 Å². The highest BCUT2D eigenvalue weighted by Gasteiger charge is 2.07. The van der Waals surface area contributed by atoms with E-state index in [1.807, 2.05) is 0 Å². The van der Waals surface area contributed by atoms with E-state index in [0.717, 1.165) is 5.69 Å². The smallest absolute Gasteiger partial charge is 0.248 e. The summed E-state index contributed by atoms with van der Waals surface area (Å²) in [7, 11) is 1.57. The van der Waals surface area contributed by atoms with Crippen LogP contribution in [0.3, 0.4) is 0 Å². The van der Waals surface area contributed by atoms with E-state index >= 15 is 0 Å². The molecule has 0 aliphatic rings. The Hall–Kier alpha value is -1.80. The Balaban J connectivity index is 2.02. The maximum absolute atomic E-state index is 5.42. The summed E-state index contributed by atoms with van der Waals surface area (Å²) >= 11 is 0. The van der Waals surface area contributed by atoms with Gasteiger partial charge in [0.05, 0.1) is 11.9 Å². The van der Waals surface area contributed by atoms with Crippen molar-refractivity contribution in [3.05, 3.63) is 23.6 Å². The van der Waals surface area contributed by atoms with Crippen LogP contribution in [0.25, 0.3) is 0 Å². The molecule has 2 rings (SSSR count). The Morgan fingerprint density at radius 1 is 1.56 bits per heavy atom. The largest absolute Gasteiger partial charge is 0.377 e. The van der Waals surface area contributed by atoms with Crippen LogP contribution in [0.1, 0.15) is 17.4 Å². The first-order valence-corrected chi connectivity index (χ1v) is 4.71. The van der Waals surface area contributed by atoms with Gasteiger partial charge in [-0.3, -0.25) is 0 Å². The van der Waals surface area contributed by atoms with Crippen molar-refractivity contribution in [1.29, 1.82) is 0 Å². The predicted octanol–water partition coefficient (Wildman–Crippen LogP) is -0.686. The second-order valence-corrected chi connectivity index (χ2v) is 3.15. The van der Waals surface area contributed by atoms with Gasteiger partial charge in [0.25, 0.3) is 0 Å². The van der Waals surface area contributed by atoms with Crippen molar-refractivity contribution >= 4 is 0 Å². The summed E-state index contributed by atoms with van der Waals surface area (Å²) in [4.78, 5) is 4.11. The zero-order valence-corrected chi connectivity index (χ0v) is 8.83. The molecule has 0 aromatic carbocycles. The Labute approximate surface area is 91.4 Å². The average molecular weight is 224 g/mol. The highest BCUT2D eigenvalue weighted by molar-refractivity contribution is 4.93. The fourth-order valence-electron chi connectivity index (χ4n) is 1.19. The molecule has 2 aromatic heterocycles. The minimum Gasteiger partial charge on any atom is -0.377 e. The molecule has 0 radical (unpaired) electrons. The molecule has 0 fully saturated rings. The van der Waals surface area contributed by atoms with Crippen LogP contribution in [0.5, 0.6) is 0 Å². The summed E-state index contributed by atoms with van der Waals surface area (Å²) in [5.74, 6) is 0.970. The summed E-state index contributed by atoms with van der Waals surface area (Å²) in [6.45, 7) is 1.07. The maximum atomic E-state index is 5.42. The molecule has 0 aliphatic carbocycles. The first-order chi connectivity index (χ1) is 7.81. The van der Waals surface area contributed by atoms with Crippen LogP contribution in [0, 0.1) is 0 Å². The molecular weight excluding hydrogens is 212 g/mol. The first-order valence-electron chi connectivity index (χ1n) is 4.71. The highest BCUT2D eigenvalue weighted by atomic mass is 16.5. The van der Waals surface area contributed by atoms with Crippen LogP contribution in [0.15, 0.2) is 10.7 Å². The number of nitrogens with zero attached hydrogens (tertiary/aromatic N) is 5. The van der Waals surface area contributed by atoms with E-state index in [0.29, 0.717) is 31.4 Å². The fourth-order valence-corrected chi connectivity index (χ4v) is 1.19. The molecule has 0 saturated heterocycles. The Bertz CT molecular complexity index is 451. The van der Waals surface area contributed by atoms with Gasteiger partial charge in [0.1, 0.15) is 13.2 Å². The molecule has 0 bridgehead atoms. The minimum absolute atomic E-state index is 0.328. The van der Waals surface area contributed by atoms with E-state index in [-0.39, 0.29) is 0 Å². The zero-order valence-electron chi connectivity index (χ0n) is 8.83. The lowest BCUT2D eigenvalue weighted by atomic mass is 10.5. The average Bonchev–Trinajstić information content (AvgIpc) is 2.89. The third-order valence-electron chi connectivity index (χ3n) is 1.88. The number of nitrogens with two attached hydrogens (primary N) is 1. The van der Waals surface area contributed by atoms with Gasteiger partial charge < -0.3 is 15.0 Å². The molecule has 0 atom stereocenters. The number of methoxy groups -OCH3 is 1. The lowest BCUT2D eigenvalue weighted by molar-refractivity contribution is 0.174. The van der Waals surface area contributed by atoms with Gasteiger partial charge in [-0.15, -0.1) is 5.10 Å². The molecule has 0 unspecified atom stereocenters. The summed E-state index contributed by atoms with van der Waals surface area (Å²) in [6, 6.07) is 0. The molecule has 86 valence electrons. The molecule has 0 amide bonds. The minimum atomic E-state index is 0.328. The van der Waals surface area contributed by atoms with Crippen molar-refractivity contribution in [3.63, 3.8) is 0 Å². The lowest BCUT2D eigenvalue weighted by Crippen LogP contribution is -2.01. The van der Waals surface area contributed by atoms with Crippen LogP contribution in [0.4, 0.5) is 0 Å². The Morgan fingerprint density at radius 2 is 2.44 bits per heavy atom. The Kier molecular flexibility index (Phi) is 3.22.